The van der Waals surface area contributed by atoms with E-state index in [9.17, 15) is 10.1 Å². The first-order valence-electron chi connectivity index (χ1n) is 4.47. The third-order valence-electron chi connectivity index (χ3n) is 2.52. The number of nitrogens with zero attached hydrogens (tertiary/aromatic N) is 1. The van der Waals surface area contributed by atoms with Crippen molar-refractivity contribution in [1.29, 1.82) is 0 Å². The molecule has 1 saturated carbocycles. The van der Waals surface area contributed by atoms with E-state index in [4.69, 9.17) is 4.74 Å². The molecule has 5 nitrogen and oxygen atoms in total. The van der Waals surface area contributed by atoms with Gasteiger partial charge in [0.15, 0.2) is 0 Å². The van der Waals surface area contributed by atoms with Gasteiger partial charge in [-0.05, 0) is 25.2 Å². The van der Waals surface area contributed by atoms with E-state index in [0.717, 1.165) is 12.8 Å². The van der Waals surface area contributed by atoms with E-state index in [1.807, 2.05) is 0 Å². The molecule has 13 heavy (non-hydrogen) atoms. The summed E-state index contributed by atoms with van der Waals surface area (Å²) in [5, 5.41) is 9.44. The van der Waals surface area contributed by atoms with Gasteiger partial charge in [-0.25, -0.2) is 0 Å². The molecule has 1 aliphatic rings. The van der Waals surface area contributed by atoms with Gasteiger partial charge in [0.2, 0.25) is 0 Å². The minimum atomic E-state index is -0.727. The molecule has 76 valence electrons. The van der Waals surface area contributed by atoms with Crippen molar-refractivity contribution in [1.82, 2.24) is 0 Å². The highest BCUT2D eigenvalue weighted by Crippen LogP contribution is 2.27. The number of methoxy groups -OCH3 is 1. The average molecular weight is 189 g/mol. The first kappa shape index (κ1) is 10.2. The lowest BCUT2D eigenvalue weighted by Crippen LogP contribution is -2.38. The summed E-state index contributed by atoms with van der Waals surface area (Å²) in [4.78, 5) is 14.7. The molecule has 0 aliphatic heterocycles. The van der Waals surface area contributed by atoms with Crippen molar-refractivity contribution in [3.63, 3.8) is 0 Å². The molecule has 0 N–H and O–H groups in total. The van der Waals surface area contributed by atoms with Crippen LogP contribution in [0.5, 0.6) is 0 Å². The maximum Gasteiger partial charge on any atom is 0.294 e. The van der Waals surface area contributed by atoms with Crippen LogP contribution in [0.1, 0.15) is 26.2 Å². The molecule has 3 atom stereocenters. The Balaban J connectivity index is 2.49. The zero-order valence-electron chi connectivity index (χ0n) is 7.93. The predicted octanol–water partition coefficient (Wildman–Crippen LogP) is 1.40. The monoisotopic (exact) mass is 189 g/mol. The summed E-state index contributed by atoms with van der Waals surface area (Å²) in [6, 6.07) is 0. The Kier molecular flexibility index (Phi) is 3.48. The van der Waals surface area contributed by atoms with Gasteiger partial charge in [0.05, 0.1) is 6.10 Å². The summed E-state index contributed by atoms with van der Waals surface area (Å²) in [6.07, 6.45) is 2.09. The molecule has 1 fully saturated rings. The summed E-state index contributed by atoms with van der Waals surface area (Å²) in [5.41, 5.74) is 0. The molecule has 1 aliphatic carbocycles. The van der Waals surface area contributed by atoms with Gasteiger partial charge in [0.1, 0.15) is 6.10 Å². The maximum atomic E-state index is 10.2. The van der Waals surface area contributed by atoms with Gasteiger partial charge in [-0.2, -0.15) is 0 Å². The lowest BCUT2D eigenvalue weighted by Gasteiger charge is -2.31. The van der Waals surface area contributed by atoms with Crippen molar-refractivity contribution in [2.75, 3.05) is 7.11 Å². The third kappa shape index (κ3) is 2.84. The zero-order valence-corrected chi connectivity index (χ0v) is 7.93. The molecule has 0 heterocycles. The molecular weight excluding hydrogens is 174 g/mol. The van der Waals surface area contributed by atoms with E-state index in [1.165, 1.54) is 0 Å². The highest BCUT2D eigenvalue weighted by Gasteiger charge is 2.31. The Morgan fingerprint density at radius 3 is 2.62 bits per heavy atom. The Morgan fingerprint density at radius 1 is 1.38 bits per heavy atom. The van der Waals surface area contributed by atoms with Crippen molar-refractivity contribution in [3.8, 4) is 0 Å². The van der Waals surface area contributed by atoms with Crippen LogP contribution in [0.25, 0.3) is 0 Å². The summed E-state index contributed by atoms with van der Waals surface area (Å²) in [6.45, 7) is 2.07. The van der Waals surface area contributed by atoms with Crippen molar-refractivity contribution in [3.05, 3.63) is 10.1 Å². The van der Waals surface area contributed by atoms with Crippen molar-refractivity contribution in [2.24, 2.45) is 5.92 Å². The van der Waals surface area contributed by atoms with Crippen molar-refractivity contribution < 1.29 is 14.7 Å². The largest absolute Gasteiger partial charge is 0.379 e. The van der Waals surface area contributed by atoms with Crippen LogP contribution in [-0.2, 0) is 9.57 Å². The van der Waals surface area contributed by atoms with E-state index in [0.29, 0.717) is 12.3 Å². The minimum absolute atomic E-state index is 0.124. The highest BCUT2D eigenvalue weighted by molar-refractivity contribution is 4.78. The van der Waals surface area contributed by atoms with Crippen LogP contribution < -0.4 is 0 Å². The standard InChI is InChI=1S/C8H15NO4/c1-6-3-4-7(12-2)8(5-6)13-9(10)11/h6-8H,3-5H2,1-2H3/t6-,7+,8+/m0/s1. The van der Waals surface area contributed by atoms with Crippen LogP contribution in [-0.4, -0.2) is 24.4 Å². The summed E-state index contributed by atoms with van der Waals surface area (Å²) >= 11 is 0. The van der Waals surface area contributed by atoms with E-state index in [2.05, 4.69) is 11.8 Å². The molecule has 0 spiro atoms. The molecule has 0 aromatic heterocycles. The summed E-state index contributed by atoms with van der Waals surface area (Å²) in [5.74, 6) is 0.483. The van der Waals surface area contributed by atoms with Crippen molar-refractivity contribution >= 4 is 0 Å². The van der Waals surface area contributed by atoms with Crippen LogP contribution in [0.15, 0.2) is 0 Å². The molecule has 0 saturated heterocycles. The molecule has 0 unspecified atom stereocenters. The van der Waals surface area contributed by atoms with E-state index >= 15 is 0 Å². The Labute approximate surface area is 77.1 Å². The fourth-order valence-electron chi connectivity index (χ4n) is 1.79. The molecule has 0 bridgehead atoms. The topological polar surface area (TPSA) is 61.6 Å². The fraction of sp³-hybridized carbons (Fsp3) is 1.00. The quantitative estimate of drug-likeness (QED) is 0.497. The summed E-state index contributed by atoms with van der Waals surface area (Å²) in [7, 11) is 1.57. The number of hydrogen-bond acceptors (Lipinski definition) is 4. The van der Waals surface area contributed by atoms with Gasteiger partial charge < -0.3 is 9.57 Å². The lowest BCUT2D eigenvalue weighted by molar-refractivity contribution is -0.771. The van der Waals surface area contributed by atoms with Crippen LogP contribution in [0.4, 0.5) is 0 Å². The first-order valence-corrected chi connectivity index (χ1v) is 4.47. The van der Waals surface area contributed by atoms with E-state index < -0.39 is 5.09 Å². The second kappa shape index (κ2) is 4.41. The first-order chi connectivity index (χ1) is 6.13. The predicted molar refractivity (Wildman–Crippen MR) is 45.7 cm³/mol. The Morgan fingerprint density at radius 2 is 2.08 bits per heavy atom. The zero-order chi connectivity index (χ0) is 9.84. The molecule has 0 amide bonds. The van der Waals surface area contributed by atoms with Gasteiger partial charge in [0, 0.05) is 7.11 Å². The molecule has 0 aromatic rings. The van der Waals surface area contributed by atoms with Crippen LogP contribution in [0.2, 0.25) is 0 Å². The SMILES string of the molecule is CO[C@@H]1CC[C@H](C)C[C@H]1O[N+](=O)[O-]. The molecular formula is C8H15NO4. The van der Waals surface area contributed by atoms with E-state index in [1.54, 1.807) is 7.11 Å². The van der Waals surface area contributed by atoms with Gasteiger partial charge >= 0.3 is 0 Å². The average Bonchev–Trinajstić information content (AvgIpc) is 2.03. The lowest BCUT2D eigenvalue weighted by atomic mass is 9.86. The number of ether oxygens (including phenoxy) is 1. The fourth-order valence-corrected chi connectivity index (χ4v) is 1.79. The van der Waals surface area contributed by atoms with Crippen LogP contribution in [0.3, 0.4) is 0 Å². The second-order valence-corrected chi connectivity index (χ2v) is 3.56. The Hall–Kier alpha value is -0.840. The smallest absolute Gasteiger partial charge is 0.294 e. The second-order valence-electron chi connectivity index (χ2n) is 3.56. The minimum Gasteiger partial charge on any atom is -0.379 e. The van der Waals surface area contributed by atoms with Gasteiger partial charge in [-0.3, -0.25) is 0 Å². The highest BCUT2D eigenvalue weighted by atomic mass is 17.0. The maximum absolute atomic E-state index is 10.2. The van der Waals surface area contributed by atoms with E-state index in [-0.39, 0.29) is 12.2 Å². The van der Waals surface area contributed by atoms with Crippen LogP contribution >= 0.6 is 0 Å². The summed E-state index contributed by atoms with van der Waals surface area (Å²) < 4.78 is 5.12. The Bertz CT molecular complexity index is 185. The normalized spacial score (nSPS) is 34.2. The number of rotatable bonds is 3. The molecule has 1 rings (SSSR count). The molecule has 5 heteroatoms. The van der Waals surface area contributed by atoms with Crippen LogP contribution in [0, 0.1) is 16.0 Å². The van der Waals surface area contributed by atoms with Gasteiger partial charge in [-0.15, -0.1) is 10.1 Å². The van der Waals surface area contributed by atoms with Gasteiger partial charge in [0.25, 0.3) is 5.09 Å². The molecule has 0 radical (unpaired) electrons. The molecule has 0 aromatic carbocycles. The van der Waals surface area contributed by atoms with Gasteiger partial charge in [-0.1, -0.05) is 6.92 Å². The third-order valence-corrected chi connectivity index (χ3v) is 2.52. The number of hydrogen-bond donors (Lipinski definition) is 0. The van der Waals surface area contributed by atoms with Crippen molar-refractivity contribution in [2.45, 2.75) is 38.4 Å².